The van der Waals surface area contributed by atoms with Gasteiger partial charge in [-0.1, -0.05) is 85.1 Å². The highest BCUT2D eigenvalue weighted by Gasteiger charge is 2.35. The lowest BCUT2D eigenvalue weighted by Gasteiger charge is -2.34. The molecule has 1 aliphatic rings. The van der Waals surface area contributed by atoms with Crippen molar-refractivity contribution >= 4 is 39.1 Å². The molecule has 246 valence electrons. The van der Waals surface area contributed by atoms with E-state index in [1.54, 1.807) is 54.6 Å². The Hall–Kier alpha value is -4.34. The average molecular weight is 674 g/mol. The highest BCUT2D eigenvalue weighted by molar-refractivity contribution is 7.92. The molecule has 1 aliphatic carbocycles. The fourth-order valence-electron chi connectivity index (χ4n) is 5.83. The Morgan fingerprint density at radius 1 is 0.851 bits per heavy atom. The molecule has 1 atom stereocenters. The second-order valence-electron chi connectivity index (χ2n) is 11.6. The van der Waals surface area contributed by atoms with E-state index in [0.717, 1.165) is 41.1 Å². The van der Waals surface area contributed by atoms with Crippen molar-refractivity contribution in [2.75, 3.05) is 17.5 Å². The summed E-state index contributed by atoms with van der Waals surface area (Å²) in [5, 5.41) is 3.73. The topological polar surface area (TPSA) is 96.0 Å². The number of nitrogens with one attached hydrogen (secondary N) is 1. The van der Waals surface area contributed by atoms with Crippen LogP contribution in [0.4, 0.5) is 5.69 Å². The largest absolute Gasteiger partial charge is 0.494 e. The average Bonchev–Trinajstić information content (AvgIpc) is 3.60. The van der Waals surface area contributed by atoms with Gasteiger partial charge >= 0.3 is 0 Å². The third-order valence-corrected chi connectivity index (χ3v) is 10.3. The van der Waals surface area contributed by atoms with Crippen LogP contribution in [0.1, 0.15) is 43.7 Å². The summed E-state index contributed by atoms with van der Waals surface area (Å²) in [5.41, 5.74) is 1.94. The van der Waals surface area contributed by atoms with Gasteiger partial charge < -0.3 is 15.0 Å². The first-order valence-corrected chi connectivity index (χ1v) is 17.7. The Morgan fingerprint density at radius 2 is 1.47 bits per heavy atom. The maximum Gasteiger partial charge on any atom is 0.264 e. The minimum atomic E-state index is -4.18. The Kier molecular flexibility index (Phi) is 11.6. The Morgan fingerprint density at radius 3 is 2.09 bits per heavy atom. The van der Waals surface area contributed by atoms with E-state index in [-0.39, 0.29) is 29.8 Å². The SMILES string of the molecule is CCOc1ccc(N(CC(=O)N(Cc2ccc(Cl)cc2)[C@H](Cc2ccccc2)C(=O)NC2CCCC2)S(=O)(=O)c2ccccc2)cc1. The number of rotatable bonds is 14. The molecule has 10 heteroatoms. The number of carbonyl (C=O) groups is 2. The third kappa shape index (κ3) is 8.93. The summed E-state index contributed by atoms with van der Waals surface area (Å²) in [6, 6.07) is 30.4. The van der Waals surface area contributed by atoms with Gasteiger partial charge in [-0.15, -0.1) is 0 Å². The second-order valence-corrected chi connectivity index (χ2v) is 13.9. The van der Waals surface area contributed by atoms with E-state index in [1.165, 1.54) is 17.0 Å². The van der Waals surface area contributed by atoms with Gasteiger partial charge in [0.15, 0.2) is 0 Å². The molecule has 4 aromatic carbocycles. The molecule has 0 saturated heterocycles. The maximum atomic E-state index is 14.6. The predicted octanol–water partition coefficient (Wildman–Crippen LogP) is 6.63. The second kappa shape index (κ2) is 16.0. The smallest absolute Gasteiger partial charge is 0.264 e. The van der Waals surface area contributed by atoms with E-state index in [0.29, 0.717) is 23.1 Å². The molecule has 4 aromatic rings. The van der Waals surface area contributed by atoms with Crippen molar-refractivity contribution in [3.05, 3.63) is 125 Å². The van der Waals surface area contributed by atoms with Gasteiger partial charge in [0.1, 0.15) is 18.3 Å². The molecule has 0 aromatic heterocycles. The van der Waals surface area contributed by atoms with Gasteiger partial charge in [-0.2, -0.15) is 0 Å². The van der Waals surface area contributed by atoms with Crippen LogP contribution in [-0.2, 0) is 32.6 Å². The fourth-order valence-corrected chi connectivity index (χ4v) is 7.39. The number of hydrogen-bond donors (Lipinski definition) is 1. The molecule has 0 unspecified atom stereocenters. The zero-order valence-electron chi connectivity index (χ0n) is 26.4. The normalized spacial score (nSPS) is 13.9. The zero-order valence-corrected chi connectivity index (χ0v) is 28.0. The molecule has 5 rings (SSSR count). The van der Waals surface area contributed by atoms with Crippen LogP contribution in [-0.4, -0.2) is 50.4 Å². The summed E-state index contributed by atoms with van der Waals surface area (Å²) in [4.78, 5) is 30.3. The van der Waals surface area contributed by atoms with Gasteiger partial charge in [-0.05, 0) is 79.4 Å². The van der Waals surface area contributed by atoms with Crippen molar-refractivity contribution < 1.29 is 22.7 Å². The van der Waals surface area contributed by atoms with Crippen LogP contribution < -0.4 is 14.4 Å². The van der Waals surface area contributed by atoms with Crippen LogP contribution in [0.25, 0.3) is 0 Å². The molecular formula is C37H40ClN3O5S. The molecule has 1 saturated carbocycles. The number of sulfonamides is 1. The number of amides is 2. The van der Waals surface area contributed by atoms with Gasteiger partial charge in [0, 0.05) is 24.0 Å². The molecule has 0 spiro atoms. The number of anilines is 1. The van der Waals surface area contributed by atoms with E-state index in [4.69, 9.17) is 16.3 Å². The molecule has 1 fully saturated rings. The highest BCUT2D eigenvalue weighted by atomic mass is 35.5. The number of carbonyl (C=O) groups excluding carboxylic acids is 2. The van der Waals surface area contributed by atoms with Crippen LogP contribution in [0, 0.1) is 0 Å². The molecule has 0 heterocycles. The van der Waals surface area contributed by atoms with Crippen molar-refractivity contribution in [1.82, 2.24) is 10.2 Å². The van der Waals surface area contributed by atoms with Crippen molar-refractivity contribution in [2.24, 2.45) is 0 Å². The Labute approximate surface area is 282 Å². The number of ether oxygens (including phenoxy) is 1. The standard InChI is InChI=1S/C37H40ClN3O5S/c1-2-46-33-23-21-32(22-24-33)41(47(44,45)34-15-7-4-8-16-34)27-36(42)40(26-29-17-19-30(38)20-18-29)35(25-28-11-5-3-6-12-28)37(43)39-31-13-9-10-14-31/h3-8,11-12,15-24,31,35H,2,9-10,13-14,25-27H2,1H3,(H,39,43)/t35-/m1/s1. The van der Waals surface area contributed by atoms with Crippen LogP contribution in [0.2, 0.25) is 5.02 Å². The summed E-state index contributed by atoms with van der Waals surface area (Å²) in [6.45, 7) is 1.87. The summed E-state index contributed by atoms with van der Waals surface area (Å²) >= 11 is 6.18. The van der Waals surface area contributed by atoms with Gasteiger partial charge in [0.25, 0.3) is 10.0 Å². The van der Waals surface area contributed by atoms with Crippen molar-refractivity contribution in [2.45, 2.75) is 62.6 Å². The first-order chi connectivity index (χ1) is 22.7. The quantitative estimate of drug-likeness (QED) is 0.162. The van der Waals surface area contributed by atoms with Crippen LogP contribution in [0.15, 0.2) is 114 Å². The molecule has 0 radical (unpaired) electrons. The lowest BCUT2D eigenvalue weighted by Crippen LogP contribution is -2.54. The number of hydrogen-bond acceptors (Lipinski definition) is 5. The fraction of sp³-hybridized carbons (Fsp3) is 0.297. The van der Waals surface area contributed by atoms with Crippen LogP contribution >= 0.6 is 11.6 Å². The van der Waals surface area contributed by atoms with Gasteiger partial charge in [0.05, 0.1) is 17.2 Å². The number of halogens is 1. The van der Waals surface area contributed by atoms with Crippen molar-refractivity contribution in [3.63, 3.8) is 0 Å². The van der Waals surface area contributed by atoms with E-state index in [2.05, 4.69) is 5.32 Å². The zero-order chi connectivity index (χ0) is 33.2. The first-order valence-electron chi connectivity index (χ1n) is 15.9. The summed E-state index contributed by atoms with van der Waals surface area (Å²) in [7, 11) is -4.18. The number of benzene rings is 4. The molecule has 8 nitrogen and oxygen atoms in total. The van der Waals surface area contributed by atoms with Gasteiger partial charge in [0.2, 0.25) is 11.8 Å². The Bertz CT molecular complexity index is 1710. The van der Waals surface area contributed by atoms with E-state index >= 15 is 0 Å². The molecule has 0 aliphatic heterocycles. The molecular weight excluding hydrogens is 634 g/mol. The minimum Gasteiger partial charge on any atom is -0.494 e. The third-order valence-electron chi connectivity index (χ3n) is 8.28. The van der Waals surface area contributed by atoms with Crippen molar-refractivity contribution in [1.29, 1.82) is 0 Å². The minimum absolute atomic E-state index is 0.0343. The molecule has 47 heavy (non-hydrogen) atoms. The van der Waals surface area contributed by atoms with Crippen LogP contribution in [0.5, 0.6) is 5.75 Å². The monoisotopic (exact) mass is 673 g/mol. The lowest BCUT2D eigenvalue weighted by atomic mass is 10.0. The Balaban J connectivity index is 1.55. The first kappa shape index (κ1) is 34.0. The van der Waals surface area contributed by atoms with E-state index < -0.39 is 28.5 Å². The predicted molar refractivity (Wildman–Crippen MR) is 185 cm³/mol. The molecule has 0 bridgehead atoms. The number of nitrogens with zero attached hydrogens (tertiary/aromatic N) is 2. The van der Waals surface area contributed by atoms with Gasteiger partial charge in [-0.25, -0.2) is 8.42 Å². The van der Waals surface area contributed by atoms with Crippen LogP contribution in [0.3, 0.4) is 0 Å². The van der Waals surface area contributed by atoms with Gasteiger partial charge in [-0.3, -0.25) is 13.9 Å². The lowest BCUT2D eigenvalue weighted by molar-refractivity contribution is -0.140. The van der Waals surface area contributed by atoms with E-state index in [1.807, 2.05) is 49.4 Å². The molecule has 1 N–H and O–H groups in total. The summed E-state index contributed by atoms with van der Waals surface area (Å²) < 4.78 is 35.0. The van der Waals surface area contributed by atoms with E-state index in [9.17, 15) is 18.0 Å². The summed E-state index contributed by atoms with van der Waals surface area (Å²) in [5.74, 6) is -0.201. The highest BCUT2D eigenvalue weighted by Crippen LogP contribution is 2.27. The summed E-state index contributed by atoms with van der Waals surface area (Å²) in [6.07, 6.45) is 4.10. The molecule has 2 amide bonds. The van der Waals surface area contributed by atoms with Crippen molar-refractivity contribution in [3.8, 4) is 5.75 Å². The maximum absolute atomic E-state index is 14.6.